The van der Waals surface area contributed by atoms with Crippen LogP contribution >= 0.6 is 0 Å². The Morgan fingerprint density at radius 3 is 2.49 bits per heavy atom. The smallest absolute Gasteiger partial charge is 0.321 e. The number of urea groups is 1. The molecule has 1 fully saturated rings. The summed E-state index contributed by atoms with van der Waals surface area (Å²) in [4.78, 5) is 30.3. The Bertz CT molecular complexity index is 1370. The fraction of sp³-hybridized carbons (Fsp3) is 0.231. The number of nitrogens with one attached hydrogen (secondary N) is 1. The zero-order valence-corrected chi connectivity index (χ0v) is 19.4. The Balaban J connectivity index is 1.36. The van der Waals surface area contributed by atoms with Crippen LogP contribution in [0, 0.1) is 6.92 Å². The molecule has 2 aromatic carbocycles. The van der Waals surface area contributed by atoms with Crippen LogP contribution in [0.2, 0.25) is 0 Å². The lowest BCUT2D eigenvalue weighted by Gasteiger charge is -2.35. The number of amides is 2. The van der Waals surface area contributed by atoms with Crippen LogP contribution in [0.25, 0.3) is 22.3 Å². The number of carbonyl (C=O) groups is 1. The van der Waals surface area contributed by atoms with Crippen molar-refractivity contribution in [1.29, 1.82) is 0 Å². The summed E-state index contributed by atoms with van der Waals surface area (Å²) in [6, 6.07) is 18.6. The van der Waals surface area contributed by atoms with Crippen LogP contribution in [0.5, 0.6) is 0 Å². The summed E-state index contributed by atoms with van der Waals surface area (Å²) in [5, 5.41) is 2.97. The molecule has 0 spiro atoms. The van der Waals surface area contributed by atoms with Gasteiger partial charge in [-0.15, -0.1) is 0 Å². The lowest BCUT2D eigenvalue weighted by Crippen LogP contribution is -2.50. The number of nitrogen functional groups attached to an aromatic ring is 1. The van der Waals surface area contributed by atoms with Gasteiger partial charge in [-0.2, -0.15) is 4.98 Å². The quantitative estimate of drug-likeness (QED) is 0.457. The van der Waals surface area contributed by atoms with E-state index in [0.29, 0.717) is 48.6 Å². The summed E-state index contributed by atoms with van der Waals surface area (Å²) in [5.41, 5.74) is 11.4. The summed E-state index contributed by atoms with van der Waals surface area (Å²) in [6.07, 6.45) is 0. The van der Waals surface area contributed by atoms with Gasteiger partial charge in [-0.3, -0.25) is 0 Å². The second-order valence-corrected chi connectivity index (χ2v) is 8.57. The number of hydrogen-bond acceptors (Lipinski definition) is 6. The first-order chi connectivity index (χ1) is 17.0. The van der Waals surface area contributed by atoms with Crippen LogP contribution in [0.1, 0.15) is 11.1 Å². The summed E-state index contributed by atoms with van der Waals surface area (Å²) in [6.45, 7) is 3.73. The second kappa shape index (κ2) is 9.54. The lowest BCUT2D eigenvalue weighted by atomic mass is 10.1. The molecule has 2 aromatic heterocycles. The van der Waals surface area contributed by atoms with Gasteiger partial charge in [-0.1, -0.05) is 36.4 Å². The van der Waals surface area contributed by atoms with E-state index in [1.54, 1.807) is 17.0 Å². The van der Waals surface area contributed by atoms with Gasteiger partial charge < -0.3 is 20.9 Å². The van der Waals surface area contributed by atoms with E-state index in [0.717, 1.165) is 22.5 Å². The molecule has 0 unspecified atom stereocenters. The lowest BCUT2D eigenvalue weighted by molar-refractivity contribution is 0.208. The molecule has 0 radical (unpaired) electrons. The largest absolute Gasteiger partial charge is 0.368 e. The third-order valence-electron chi connectivity index (χ3n) is 6.08. The molecular formula is C26H26FN7O. The molecule has 2 amide bonds. The van der Waals surface area contributed by atoms with E-state index in [1.165, 1.54) is 0 Å². The van der Waals surface area contributed by atoms with Crippen molar-refractivity contribution >= 4 is 34.5 Å². The molecule has 1 aliphatic heterocycles. The number of aryl methyl sites for hydroxylation is 1. The van der Waals surface area contributed by atoms with Crippen LogP contribution < -0.4 is 16.0 Å². The Morgan fingerprint density at radius 2 is 1.77 bits per heavy atom. The van der Waals surface area contributed by atoms with Crippen molar-refractivity contribution in [3.05, 3.63) is 71.8 Å². The zero-order valence-electron chi connectivity index (χ0n) is 19.4. The van der Waals surface area contributed by atoms with Gasteiger partial charge in [-0.05, 0) is 42.3 Å². The van der Waals surface area contributed by atoms with Crippen molar-refractivity contribution in [1.82, 2.24) is 19.9 Å². The van der Waals surface area contributed by atoms with Gasteiger partial charge in [0.25, 0.3) is 0 Å². The minimum absolute atomic E-state index is 0.126. The van der Waals surface area contributed by atoms with E-state index in [-0.39, 0.29) is 12.0 Å². The molecule has 1 saturated heterocycles. The molecule has 0 bridgehead atoms. The number of piperazine rings is 1. The molecule has 4 aromatic rings. The topological polar surface area (TPSA) is 100 Å². The highest BCUT2D eigenvalue weighted by Crippen LogP contribution is 2.28. The number of rotatable bonds is 4. The molecule has 0 aliphatic carbocycles. The van der Waals surface area contributed by atoms with Crippen LogP contribution in [0.3, 0.4) is 0 Å². The molecule has 3 N–H and O–H groups in total. The highest BCUT2D eigenvalue weighted by atomic mass is 19.1. The Hall–Kier alpha value is -4.27. The van der Waals surface area contributed by atoms with E-state index in [4.69, 9.17) is 10.7 Å². The Morgan fingerprint density at radius 1 is 1.00 bits per heavy atom. The third-order valence-corrected chi connectivity index (χ3v) is 6.08. The molecule has 0 saturated carbocycles. The molecule has 0 atom stereocenters. The van der Waals surface area contributed by atoms with Crippen LogP contribution in [-0.4, -0.2) is 52.1 Å². The van der Waals surface area contributed by atoms with Crippen molar-refractivity contribution in [2.24, 2.45) is 0 Å². The maximum atomic E-state index is 12.9. The fourth-order valence-corrected chi connectivity index (χ4v) is 4.21. The van der Waals surface area contributed by atoms with Gasteiger partial charge in [0, 0.05) is 37.4 Å². The first-order valence-corrected chi connectivity index (χ1v) is 11.5. The van der Waals surface area contributed by atoms with Crippen LogP contribution in [-0.2, 0) is 6.67 Å². The van der Waals surface area contributed by atoms with Crippen LogP contribution in [0.4, 0.5) is 26.6 Å². The molecular weight excluding hydrogens is 445 g/mol. The number of aromatic nitrogens is 3. The third kappa shape index (κ3) is 4.84. The van der Waals surface area contributed by atoms with E-state index in [9.17, 15) is 9.18 Å². The number of halogens is 1. The molecule has 35 heavy (non-hydrogen) atoms. The number of anilines is 3. The molecule has 5 rings (SSSR count). The summed E-state index contributed by atoms with van der Waals surface area (Å²) < 4.78 is 12.9. The number of alkyl halides is 1. The molecule has 9 heteroatoms. The average molecular weight is 472 g/mol. The van der Waals surface area contributed by atoms with Crippen molar-refractivity contribution in [2.45, 2.75) is 13.6 Å². The number of pyridine rings is 1. The monoisotopic (exact) mass is 471 g/mol. The number of benzene rings is 2. The van der Waals surface area contributed by atoms with E-state index < -0.39 is 6.67 Å². The zero-order chi connectivity index (χ0) is 24.4. The maximum Gasteiger partial charge on any atom is 0.321 e. The van der Waals surface area contributed by atoms with Crippen molar-refractivity contribution < 1.29 is 9.18 Å². The van der Waals surface area contributed by atoms with Gasteiger partial charge in [0.2, 0.25) is 5.95 Å². The van der Waals surface area contributed by atoms with Crippen molar-refractivity contribution in [2.75, 3.05) is 42.1 Å². The standard InChI is InChI=1S/C26H26FN7O/c1-17-3-2-4-20(15-17)29-26(35)34-13-11-33(12-14-34)24-23-22(31-25(28)32-24)10-9-21(30-23)19-7-5-18(16-27)6-8-19/h2-10,15H,11-14,16H2,1H3,(H,29,35)(H2,28,31,32). The fourth-order valence-electron chi connectivity index (χ4n) is 4.21. The van der Waals surface area contributed by atoms with Gasteiger partial charge >= 0.3 is 6.03 Å². The maximum absolute atomic E-state index is 12.9. The van der Waals surface area contributed by atoms with Gasteiger partial charge in [0.1, 0.15) is 12.2 Å². The second-order valence-electron chi connectivity index (χ2n) is 8.57. The molecule has 1 aliphatic rings. The Labute approximate surface area is 202 Å². The molecule has 3 heterocycles. The van der Waals surface area contributed by atoms with E-state index >= 15 is 0 Å². The number of carbonyl (C=O) groups excluding carboxylic acids is 1. The van der Waals surface area contributed by atoms with Crippen LogP contribution in [0.15, 0.2) is 60.7 Å². The molecule has 8 nitrogen and oxygen atoms in total. The predicted octanol–water partition coefficient (Wildman–Crippen LogP) is 4.41. The number of hydrogen-bond donors (Lipinski definition) is 2. The van der Waals surface area contributed by atoms with Crippen molar-refractivity contribution in [3.8, 4) is 11.3 Å². The predicted molar refractivity (Wildman–Crippen MR) is 136 cm³/mol. The normalized spacial score (nSPS) is 13.8. The average Bonchev–Trinajstić information content (AvgIpc) is 2.88. The van der Waals surface area contributed by atoms with Crippen molar-refractivity contribution in [3.63, 3.8) is 0 Å². The summed E-state index contributed by atoms with van der Waals surface area (Å²) in [5.74, 6) is 0.822. The number of fused-ring (bicyclic) bond motifs is 1. The first kappa shape index (κ1) is 22.5. The SMILES string of the molecule is Cc1cccc(NC(=O)N2CCN(c3nc(N)nc4ccc(-c5ccc(CF)cc5)nc34)CC2)c1. The summed E-state index contributed by atoms with van der Waals surface area (Å²) >= 11 is 0. The summed E-state index contributed by atoms with van der Waals surface area (Å²) in [7, 11) is 0. The van der Waals surface area contributed by atoms with E-state index in [1.807, 2.05) is 55.5 Å². The first-order valence-electron chi connectivity index (χ1n) is 11.5. The van der Waals surface area contributed by atoms with Gasteiger partial charge in [0.05, 0.1) is 11.2 Å². The minimum atomic E-state index is -0.502. The van der Waals surface area contributed by atoms with Gasteiger partial charge in [-0.25, -0.2) is 19.2 Å². The number of nitrogens with zero attached hydrogens (tertiary/aromatic N) is 5. The number of nitrogens with two attached hydrogens (primary N) is 1. The minimum Gasteiger partial charge on any atom is -0.368 e. The van der Waals surface area contributed by atoms with E-state index in [2.05, 4.69) is 20.2 Å². The highest BCUT2D eigenvalue weighted by molar-refractivity contribution is 5.90. The highest BCUT2D eigenvalue weighted by Gasteiger charge is 2.24. The Kier molecular flexibility index (Phi) is 6.13. The molecule has 178 valence electrons. The van der Waals surface area contributed by atoms with Gasteiger partial charge in [0.15, 0.2) is 5.82 Å².